The molecule has 0 bridgehead atoms. The van der Waals surface area contributed by atoms with Gasteiger partial charge >= 0.3 is 0 Å². The van der Waals surface area contributed by atoms with Crippen molar-refractivity contribution in [2.75, 3.05) is 0 Å². The lowest BCUT2D eigenvalue weighted by Crippen LogP contribution is -2.19. The number of hydrazone groups is 1. The molecule has 2 rings (SSSR count). The molecule has 0 aliphatic rings. The van der Waals surface area contributed by atoms with Crippen LogP contribution >= 0.6 is 0 Å². The Labute approximate surface area is 156 Å². The second-order valence-electron chi connectivity index (χ2n) is 8.69. The Balaban J connectivity index is 2.25. The van der Waals surface area contributed by atoms with E-state index in [1.54, 1.807) is 24.4 Å². The summed E-state index contributed by atoms with van der Waals surface area (Å²) in [6.45, 7) is 13.1. The van der Waals surface area contributed by atoms with Crippen LogP contribution < -0.4 is 5.43 Å². The van der Waals surface area contributed by atoms with Gasteiger partial charge in [-0.25, -0.2) is 0 Å². The Morgan fingerprint density at radius 2 is 1.46 bits per heavy atom. The van der Waals surface area contributed by atoms with Crippen molar-refractivity contribution in [2.45, 2.75) is 58.9 Å². The topological polar surface area (TPSA) is 64.9 Å². The number of hydrogen-bond donors (Lipinski definition) is 3. The highest BCUT2D eigenvalue weighted by Gasteiger charge is 2.26. The van der Waals surface area contributed by atoms with E-state index in [9.17, 15) is 10.2 Å². The average molecular weight is 354 g/mol. The summed E-state index contributed by atoms with van der Waals surface area (Å²) in [4.78, 5) is 0. The van der Waals surface area contributed by atoms with Gasteiger partial charge in [-0.15, -0.1) is 0 Å². The van der Waals surface area contributed by atoms with Crippen LogP contribution in [0.2, 0.25) is 0 Å². The monoisotopic (exact) mass is 354 g/mol. The highest BCUT2D eigenvalue weighted by atomic mass is 16.3. The van der Waals surface area contributed by atoms with Crippen LogP contribution in [-0.4, -0.2) is 16.4 Å². The third-order valence-corrected chi connectivity index (χ3v) is 4.30. The first-order valence-electron chi connectivity index (χ1n) is 8.91. The second kappa shape index (κ2) is 7.40. The summed E-state index contributed by atoms with van der Waals surface area (Å²) in [6.07, 6.45) is 1.60. The molecule has 0 atom stereocenters. The van der Waals surface area contributed by atoms with Crippen molar-refractivity contribution in [1.82, 2.24) is 5.43 Å². The number of nitrogens with one attached hydrogen (secondary N) is 1. The molecule has 0 saturated heterocycles. The van der Waals surface area contributed by atoms with Crippen molar-refractivity contribution in [2.24, 2.45) is 5.10 Å². The van der Waals surface area contributed by atoms with E-state index in [0.717, 1.165) is 16.7 Å². The molecule has 0 unspecified atom stereocenters. The summed E-state index contributed by atoms with van der Waals surface area (Å²) < 4.78 is 0. The number of phenolic OH excluding ortho intramolecular Hbond substituents is 2. The fourth-order valence-corrected chi connectivity index (χ4v) is 2.79. The molecule has 3 N–H and O–H groups in total. The molecule has 2 aromatic carbocycles. The minimum Gasteiger partial charge on any atom is -0.507 e. The quantitative estimate of drug-likeness (QED) is 0.545. The van der Waals surface area contributed by atoms with Crippen LogP contribution in [0.25, 0.3) is 0 Å². The van der Waals surface area contributed by atoms with Gasteiger partial charge in [-0.3, -0.25) is 0 Å². The Hall–Kier alpha value is -2.49. The van der Waals surface area contributed by atoms with Crippen LogP contribution in [0.3, 0.4) is 0 Å². The SMILES string of the molecule is CC(C)(C)c1cc(CN/N=C/c2ccccc2O)cc(C(C)(C)C)c1O. The number of aromatic hydroxyl groups is 2. The van der Waals surface area contributed by atoms with E-state index in [1.165, 1.54) is 0 Å². The predicted molar refractivity (Wildman–Crippen MR) is 108 cm³/mol. The predicted octanol–water partition coefficient (Wildman–Crippen LogP) is 4.82. The van der Waals surface area contributed by atoms with Crippen molar-refractivity contribution in [3.63, 3.8) is 0 Å². The first-order valence-corrected chi connectivity index (χ1v) is 8.91. The van der Waals surface area contributed by atoms with Crippen LogP contribution in [0.5, 0.6) is 11.5 Å². The van der Waals surface area contributed by atoms with E-state index in [0.29, 0.717) is 17.9 Å². The van der Waals surface area contributed by atoms with Gasteiger partial charge < -0.3 is 15.6 Å². The van der Waals surface area contributed by atoms with Crippen molar-refractivity contribution >= 4 is 6.21 Å². The number of nitrogens with zero attached hydrogens (tertiary/aromatic N) is 1. The average Bonchev–Trinajstić information content (AvgIpc) is 2.52. The number of rotatable bonds is 4. The molecular weight excluding hydrogens is 324 g/mol. The van der Waals surface area contributed by atoms with Gasteiger partial charge in [-0.05, 0) is 51.8 Å². The van der Waals surface area contributed by atoms with Crippen LogP contribution in [0.15, 0.2) is 41.5 Å². The zero-order valence-electron chi connectivity index (χ0n) is 16.6. The number of phenols is 2. The van der Waals surface area contributed by atoms with E-state index in [1.807, 2.05) is 18.2 Å². The molecule has 2 aromatic rings. The molecule has 140 valence electrons. The minimum absolute atomic E-state index is 0.154. The molecule has 0 fully saturated rings. The third kappa shape index (κ3) is 4.78. The molecule has 0 aromatic heterocycles. The lowest BCUT2D eigenvalue weighted by Gasteiger charge is -2.28. The Morgan fingerprint density at radius 3 is 1.96 bits per heavy atom. The summed E-state index contributed by atoms with van der Waals surface area (Å²) >= 11 is 0. The van der Waals surface area contributed by atoms with Crippen molar-refractivity contribution in [1.29, 1.82) is 0 Å². The fraction of sp³-hybridized carbons (Fsp3) is 0.409. The molecule has 0 aliphatic heterocycles. The molecule has 0 saturated carbocycles. The molecule has 0 spiro atoms. The van der Waals surface area contributed by atoms with E-state index >= 15 is 0 Å². The third-order valence-electron chi connectivity index (χ3n) is 4.30. The largest absolute Gasteiger partial charge is 0.507 e. The Bertz CT molecular complexity index is 762. The van der Waals surface area contributed by atoms with Crippen molar-refractivity contribution < 1.29 is 10.2 Å². The second-order valence-corrected chi connectivity index (χ2v) is 8.69. The van der Waals surface area contributed by atoms with Gasteiger partial charge in [0.2, 0.25) is 0 Å². The van der Waals surface area contributed by atoms with Gasteiger partial charge in [-0.1, -0.05) is 53.7 Å². The summed E-state index contributed by atoms with van der Waals surface area (Å²) in [7, 11) is 0. The summed E-state index contributed by atoms with van der Waals surface area (Å²) in [5.41, 5.74) is 6.32. The number of para-hydroxylation sites is 1. The van der Waals surface area contributed by atoms with E-state index in [-0.39, 0.29) is 16.6 Å². The molecule has 4 nitrogen and oxygen atoms in total. The first kappa shape index (κ1) is 19.8. The molecule has 26 heavy (non-hydrogen) atoms. The van der Waals surface area contributed by atoms with Crippen LogP contribution in [0.4, 0.5) is 0 Å². The van der Waals surface area contributed by atoms with Gasteiger partial charge in [-0.2, -0.15) is 5.10 Å². The van der Waals surface area contributed by atoms with Gasteiger partial charge in [0, 0.05) is 5.56 Å². The molecular formula is C22H30N2O2. The van der Waals surface area contributed by atoms with E-state index in [2.05, 4.69) is 52.1 Å². The highest BCUT2D eigenvalue weighted by Crippen LogP contribution is 2.39. The lowest BCUT2D eigenvalue weighted by molar-refractivity contribution is 0.422. The van der Waals surface area contributed by atoms with Crippen molar-refractivity contribution in [3.8, 4) is 11.5 Å². The maximum Gasteiger partial charge on any atom is 0.124 e. The zero-order valence-corrected chi connectivity index (χ0v) is 16.6. The standard InChI is InChI=1S/C22H30N2O2/c1-21(2,3)17-11-15(12-18(20(17)26)22(4,5)6)13-23-24-14-16-9-7-8-10-19(16)25/h7-12,14,23,25-26H,13H2,1-6H3/b24-14+. The molecule has 0 radical (unpaired) electrons. The summed E-state index contributed by atoms with van der Waals surface area (Å²) in [5.74, 6) is 0.583. The van der Waals surface area contributed by atoms with E-state index in [4.69, 9.17) is 0 Å². The van der Waals surface area contributed by atoms with Crippen molar-refractivity contribution in [3.05, 3.63) is 58.7 Å². The summed E-state index contributed by atoms with van der Waals surface area (Å²) in [5, 5.41) is 24.7. The highest BCUT2D eigenvalue weighted by molar-refractivity contribution is 5.82. The lowest BCUT2D eigenvalue weighted by atomic mass is 9.78. The van der Waals surface area contributed by atoms with Gasteiger partial charge in [0.25, 0.3) is 0 Å². The number of benzene rings is 2. The van der Waals surface area contributed by atoms with Crippen LogP contribution in [0, 0.1) is 0 Å². The fourth-order valence-electron chi connectivity index (χ4n) is 2.79. The molecule has 0 heterocycles. The molecule has 4 heteroatoms. The summed E-state index contributed by atoms with van der Waals surface area (Å²) in [6, 6.07) is 11.1. The Morgan fingerprint density at radius 1 is 0.923 bits per heavy atom. The van der Waals surface area contributed by atoms with Gasteiger partial charge in [0.05, 0.1) is 12.8 Å². The molecule has 0 aliphatic carbocycles. The van der Waals surface area contributed by atoms with Gasteiger partial charge in [0.15, 0.2) is 0 Å². The maximum atomic E-state index is 10.8. The van der Waals surface area contributed by atoms with E-state index < -0.39 is 0 Å². The smallest absolute Gasteiger partial charge is 0.124 e. The zero-order chi connectivity index (χ0) is 19.5. The van der Waals surface area contributed by atoms with Crippen LogP contribution in [0.1, 0.15) is 63.8 Å². The normalized spacial score (nSPS) is 12.5. The van der Waals surface area contributed by atoms with Crippen LogP contribution in [-0.2, 0) is 17.4 Å². The maximum absolute atomic E-state index is 10.8. The number of hydrogen-bond acceptors (Lipinski definition) is 4. The Kier molecular flexibility index (Phi) is 5.65. The first-order chi connectivity index (χ1) is 12.0. The minimum atomic E-state index is -0.154. The van der Waals surface area contributed by atoms with Gasteiger partial charge in [0.1, 0.15) is 11.5 Å². The molecule has 0 amide bonds.